The highest BCUT2D eigenvalue weighted by atomic mass is 16.5. The van der Waals surface area contributed by atoms with E-state index in [0.717, 1.165) is 16.8 Å². The van der Waals surface area contributed by atoms with Crippen LogP contribution in [0.3, 0.4) is 0 Å². The van der Waals surface area contributed by atoms with Crippen LogP contribution in [-0.2, 0) is 0 Å². The summed E-state index contributed by atoms with van der Waals surface area (Å²) < 4.78 is 7.09. The lowest BCUT2D eigenvalue weighted by molar-refractivity contribution is 0.0959. The van der Waals surface area contributed by atoms with Crippen LogP contribution in [0.25, 0.3) is 5.52 Å². The van der Waals surface area contributed by atoms with E-state index in [1.165, 1.54) is 0 Å². The first kappa shape index (κ1) is 11.7. The van der Waals surface area contributed by atoms with Crippen molar-refractivity contribution in [2.75, 3.05) is 27.7 Å². The zero-order valence-corrected chi connectivity index (χ0v) is 10.3. The van der Waals surface area contributed by atoms with Gasteiger partial charge in [-0.25, -0.2) is 0 Å². The molecule has 0 radical (unpaired) electrons. The highest BCUT2D eigenvalue weighted by Gasteiger charge is 2.12. The summed E-state index contributed by atoms with van der Waals surface area (Å²) in [6.07, 6.45) is 3.78. The second-order valence-electron chi connectivity index (χ2n) is 4.25. The highest BCUT2D eigenvalue weighted by Crippen LogP contribution is 2.19. The Labute approximate surface area is 100 Å². The van der Waals surface area contributed by atoms with E-state index in [1.54, 1.807) is 7.11 Å². The van der Waals surface area contributed by atoms with E-state index in [1.807, 2.05) is 54.0 Å². The minimum absolute atomic E-state index is 0.116. The number of hydrogen-bond donors (Lipinski definition) is 0. The molecule has 2 heterocycles. The van der Waals surface area contributed by atoms with E-state index in [-0.39, 0.29) is 5.78 Å². The van der Waals surface area contributed by atoms with Crippen molar-refractivity contribution in [3.8, 4) is 5.75 Å². The first-order chi connectivity index (χ1) is 8.11. The number of rotatable bonds is 4. The molecule has 0 aliphatic heterocycles. The van der Waals surface area contributed by atoms with E-state index >= 15 is 0 Å². The van der Waals surface area contributed by atoms with Gasteiger partial charge >= 0.3 is 0 Å². The van der Waals surface area contributed by atoms with E-state index in [9.17, 15) is 4.79 Å². The van der Waals surface area contributed by atoms with Gasteiger partial charge in [-0.3, -0.25) is 4.79 Å². The summed E-state index contributed by atoms with van der Waals surface area (Å²) in [5.41, 5.74) is 1.62. The van der Waals surface area contributed by atoms with Crippen molar-refractivity contribution in [1.29, 1.82) is 0 Å². The molecule has 2 rings (SSSR count). The first-order valence-corrected chi connectivity index (χ1v) is 5.44. The average molecular weight is 232 g/mol. The van der Waals surface area contributed by atoms with Crippen molar-refractivity contribution < 1.29 is 9.53 Å². The molecule has 2 aromatic rings. The van der Waals surface area contributed by atoms with Gasteiger partial charge in [-0.1, -0.05) is 0 Å². The van der Waals surface area contributed by atoms with E-state index in [0.29, 0.717) is 6.54 Å². The summed E-state index contributed by atoms with van der Waals surface area (Å²) in [4.78, 5) is 13.9. The molecule has 0 amide bonds. The third-order valence-corrected chi connectivity index (χ3v) is 2.63. The molecule has 0 aliphatic carbocycles. The van der Waals surface area contributed by atoms with Crippen molar-refractivity contribution in [3.63, 3.8) is 0 Å². The van der Waals surface area contributed by atoms with Gasteiger partial charge in [-0.05, 0) is 26.2 Å². The Bertz CT molecular complexity index is 543. The smallest absolute Gasteiger partial charge is 0.178 e. The lowest BCUT2D eigenvalue weighted by Crippen LogP contribution is -2.21. The van der Waals surface area contributed by atoms with E-state index in [2.05, 4.69) is 0 Å². The van der Waals surface area contributed by atoms with Gasteiger partial charge < -0.3 is 14.0 Å². The molecule has 0 unspecified atom stereocenters. The van der Waals surface area contributed by atoms with Gasteiger partial charge in [0.25, 0.3) is 0 Å². The Morgan fingerprint density at radius 3 is 2.71 bits per heavy atom. The zero-order chi connectivity index (χ0) is 12.4. The number of ether oxygens (including phenoxy) is 1. The monoisotopic (exact) mass is 232 g/mol. The van der Waals surface area contributed by atoms with Crippen molar-refractivity contribution in [2.24, 2.45) is 0 Å². The molecule has 4 nitrogen and oxygen atoms in total. The summed E-state index contributed by atoms with van der Waals surface area (Å²) in [6.45, 7) is 0.414. The number of pyridine rings is 1. The second-order valence-corrected chi connectivity index (χ2v) is 4.25. The molecule has 0 N–H and O–H groups in total. The molecule has 0 aliphatic rings. The summed E-state index contributed by atoms with van der Waals surface area (Å²) in [5, 5.41) is 0. The molecule has 0 saturated heterocycles. The molecular weight excluding hydrogens is 216 g/mol. The quantitative estimate of drug-likeness (QED) is 0.752. The Balaban J connectivity index is 2.43. The molecule has 0 bridgehead atoms. The topological polar surface area (TPSA) is 34.0 Å². The molecule has 90 valence electrons. The maximum absolute atomic E-state index is 12.0. The number of nitrogens with zero attached hydrogens (tertiary/aromatic N) is 2. The number of carbonyl (C=O) groups is 1. The first-order valence-electron chi connectivity index (χ1n) is 5.44. The van der Waals surface area contributed by atoms with Gasteiger partial charge in [-0.2, -0.15) is 0 Å². The molecule has 4 heteroatoms. The Hall–Kier alpha value is -1.81. The number of aromatic nitrogens is 1. The van der Waals surface area contributed by atoms with Crippen LogP contribution in [0, 0.1) is 0 Å². The molecular formula is C13H16N2O2. The fraction of sp³-hybridized carbons (Fsp3) is 0.308. The van der Waals surface area contributed by atoms with Crippen LogP contribution in [-0.4, -0.2) is 42.8 Å². The lowest BCUT2D eigenvalue weighted by Gasteiger charge is -2.08. The van der Waals surface area contributed by atoms with Crippen molar-refractivity contribution in [1.82, 2.24) is 9.30 Å². The Morgan fingerprint density at radius 2 is 2.06 bits per heavy atom. The van der Waals surface area contributed by atoms with Crippen LogP contribution in [0.5, 0.6) is 5.75 Å². The maximum atomic E-state index is 12.0. The predicted molar refractivity (Wildman–Crippen MR) is 66.8 cm³/mol. The van der Waals surface area contributed by atoms with Crippen molar-refractivity contribution in [2.45, 2.75) is 0 Å². The molecule has 0 atom stereocenters. The number of likely N-dealkylation sites (N-methyl/N-ethyl adjacent to an activating group) is 1. The Morgan fingerprint density at radius 1 is 1.35 bits per heavy atom. The van der Waals surface area contributed by atoms with Crippen LogP contribution >= 0.6 is 0 Å². The zero-order valence-electron chi connectivity index (χ0n) is 10.3. The molecule has 0 aromatic carbocycles. The second kappa shape index (κ2) is 4.59. The maximum Gasteiger partial charge on any atom is 0.178 e. The summed E-state index contributed by atoms with van der Waals surface area (Å²) in [5.74, 6) is 0.876. The summed E-state index contributed by atoms with van der Waals surface area (Å²) in [6, 6.07) is 5.59. The van der Waals surface area contributed by atoms with Crippen LogP contribution < -0.4 is 4.74 Å². The van der Waals surface area contributed by atoms with Crippen LogP contribution in [0.2, 0.25) is 0 Å². The van der Waals surface area contributed by atoms with E-state index < -0.39 is 0 Å². The average Bonchev–Trinajstić information content (AvgIpc) is 2.70. The van der Waals surface area contributed by atoms with Gasteiger partial charge in [0.05, 0.1) is 19.2 Å². The standard InChI is InChI=1S/C13H16N2O2/c1-14(2)9-13(16)11-5-7-15-6-4-10(17-3)8-12(11)15/h4-8H,9H2,1-3H3. The summed E-state index contributed by atoms with van der Waals surface area (Å²) in [7, 11) is 5.39. The molecule has 17 heavy (non-hydrogen) atoms. The number of ketones is 1. The predicted octanol–water partition coefficient (Wildman–Crippen LogP) is 1.69. The van der Waals surface area contributed by atoms with Crippen molar-refractivity contribution >= 4 is 11.3 Å². The fourth-order valence-corrected chi connectivity index (χ4v) is 1.81. The molecule has 0 saturated carbocycles. The molecule has 0 fully saturated rings. The number of methoxy groups -OCH3 is 1. The normalized spacial score (nSPS) is 11.1. The van der Waals surface area contributed by atoms with Gasteiger partial charge in [0, 0.05) is 24.0 Å². The number of fused-ring (bicyclic) bond motifs is 1. The Kier molecular flexibility index (Phi) is 3.15. The van der Waals surface area contributed by atoms with Crippen LogP contribution in [0.15, 0.2) is 30.6 Å². The molecule has 0 spiro atoms. The minimum Gasteiger partial charge on any atom is -0.497 e. The van der Waals surface area contributed by atoms with E-state index in [4.69, 9.17) is 4.74 Å². The number of carbonyl (C=O) groups excluding carboxylic acids is 1. The SMILES string of the molecule is COc1ccn2ccc(C(=O)CN(C)C)c2c1. The fourth-order valence-electron chi connectivity index (χ4n) is 1.81. The number of hydrogen-bond acceptors (Lipinski definition) is 3. The van der Waals surface area contributed by atoms with Crippen LogP contribution in [0.1, 0.15) is 10.4 Å². The van der Waals surface area contributed by atoms with Crippen LogP contribution in [0.4, 0.5) is 0 Å². The van der Waals surface area contributed by atoms with Gasteiger partial charge in [0.2, 0.25) is 0 Å². The molecule has 2 aromatic heterocycles. The third kappa shape index (κ3) is 2.31. The highest BCUT2D eigenvalue weighted by molar-refractivity contribution is 6.04. The summed E-state index contributed by atoms with van der Waals surface area (Å²) >= 11 is 0. The third-order valence-electron chi connectivity index (χ3n) is 2.63. The number of Topliss-reactive ketones (excluding diaryl/α,β-unsaturated/α-hetero) is 1. The minimum atomic E-state index is 0.116. The van der Waals surface area contributed by atoms with Gasteiger partial charge in [0.15, 0.2) is 5.78 Å². The van der Waals surface area contributed by atoms with Gasteiger partial charge in [0.1, 0.15) is 5.75 Å². The van der Waals surface area contributed by atoms with Crippen molar-refractivity contribution in [3.05, 3.63) is 36.2 Å². The largest absolute Gasteiger partial charge is 0.497 e. The lowest BCUT2D eigenvalue weighted by atomic mass is 10.1. The van der Waals surface area contributed by atoms with Gasteiger partial charge in [-0.15, -0.1) is 0 Å².